The van der Waals surface area contributed by atoms with Crippen molar-refractivity contribution < 1.29 is 81.3 Å². The number of ether oxygens (including phenoxy) is 8. The van der Waals surface area contributed by atoms with E-state index in [4.69, 9.17) is 42.3 Å². The van der Waals surface area contributed by atoms with E-state index >= 15 is 0 Å². The summed E-state index contributed by atoms with van der Waals surface area (Å²) in [6, 6.07) is 1.54. The van der Waals surface area contributed by atoms with Gasteiger partial charge in [-0.3, -0.25) is 28.8 Å². The summed E-state index contributed by atoms with van der Waals surface area (Å²) < 4.78 is 55.6. The summed E-state index contributed by atoms with van der Waals surface area (Å²) >= 11 is 0. The Morgan fingerprint density at radius 3 is 2.04 bits per heavy atom. The lowest BCUT2D eigenvalue weighted by molar-refractivity contribution is -0.440. The number of methoxy groups -OCH3 is 1. The van der Waals surface area contributed by atoms with Crippen molar-refractivity contribution in [1.29, 1.82) is 0 Å². The van der Waals surface area contributed by atoms with Gasteiger partial charge in [-0.15, -0.1) is 0 Å². The van der Waals surface area contributed by atoms with Gasteiger partial charge in [0.15, 0.2) is 24.1 Å². The highest BCUT2D eigenvalue weighted by atomic mass is 16.8. The summed E-state index contributed by atoms with van der Waals surface area (Å²) in [5, 5.41) is 28.2. The van der Waals surface area contributed by atoms with Crippen LogP contribution in [-0.4, -0.2) is 106 Å². The number of esters is 6. The molecule has 308 valence electrons. The molecule has 4 aliphatic carbocycles. The normalized spacial score (nSPS) is 46.6. The van der Waals surface area contributed by atoms with Gasteiger partial charge in [-0.2, -0.15) is 0 Å². The van der Waals surface area contributed by atoms with Crippen LogP contribution in [0.4, 0.5) is 0 Å². The van der Waals surface area contributed by atoms with Crippen molar-refractivity contribution >= 4 is 35.8 Å². The average Bonchev–Trinajstić information content (AvgIpc) is 3.90. The number of furan rings is 1. The van der Waals surface area contributed by atoms with Crippen molar-refractivity contribution in [3.05, 3.63) is 24.2 Å². The summed E-state index contributed by atoms with van der Waals surface area (Å²) in [4.78, 5) is 79.9. The van der Waals surface area contributed by atoms with Crippen LogP contribution in [0.1, 0.15) is 99.7 Å². The topological polar surface area (TPSA) is 230 Å². The molecule has 4 bridgehead atoms. The second kappa shape index (κ2) is 12.2. The first-order valence-electron chi connectivity index (χ1n) is 18.8. The van der Waals surface area contributed by atoms with E-state index in [0.29, 0.717) is 5.56 Å². The van der Waals surface area contributed by atoms with Crippen molar-refractivity contribution in [1.82, 2.24) is 0 Å². The molecule has 2 saturated heterocycles. The molecule has 7 rings (SSSR count). The van der Waals surface area contributed by atoms with Crippen LogP contribution >= 0.6 is 0 Å². The third-order valence-corrected chi connectivity index (χ3v) is 14.6. The summed E-state index contributed by atoms with van der Waals surface area (Å²) in [5.74, 6) is -9.02. The smallest absolute Gasteiger partial charge is 0.305 e. The monoisotopic (exact) mass is 790 g/mol. The molecule has 0 aromatic carbocycles. The summed E-state index contributed by atoms with van der Waals surface area (Å²) in [6.07, 6.45) is -6.33. The fourth-order valence-electron chi connectivity index (χ4n) is 13.0. The second-order valence-electron chi connectivity index (χ2n) is 17.1. The Balaban J connectivity index is 1.67. The lowest BCUT2D eigenvalue weighted by Crippen LogP contribution is -2.96. The molecule has 1 unspecified atom stereocenters. The van der Waals surface area contributed by atoms with Crippen LogP contribution in [0.3, 0.4) is 0 Å². The molecule has 1 spiro atoms. The van der Waals surface area contributed by atoms with Crippen molar-refractivity contribution in [2.75, 3.05) is 7.11 Å². The van der Waals surface area contributed by atoms with Gasteiger partial charge in [-0.25, -0.2) is 0 Å². The Hall–Kier alpha value is -4.06. The molecule has 0 radical (unpaired) electrons. The number of aliphatic hydroxyl groups is 2. The third-order valence-electron chi connectivity index (χ3n) is 14.6. The Bertz CT molecular complexity index is 1880. The van der Waals surface area contributed by atoms with Crippen molar-refractivity contribution in [3.8, 4) is 0 Å². The molecule has 1 aromatic rings. The zero-order chi connectivity index (χ0) is 41.4. The van der Waals surface area contributed by atoms with Crippen LogP contribution in [0.25, 0.3) is 0 Å². The molecular weight excluding hydrogens is 740 g/mol. The second-order valence-corrected chi connectivity index (χ2v) is 17.1. The van der Waals surface area contributed by atoms with E-state index in [1.54, 1.807) is 26.8 Å². The van der Waals surface area contributed by atoms with E-state index in [-0.39, 0.29) is 19.3 Å². The molecule has 17 nitrogen and oxygen atoms in total. The van der Waals surface area contributed by atoms with E-state index in [1.165, 1.54) is 26.4 Å². The zero-order valence-corrected chi connectivity index (χ0v) is 33.1. The van der Waals surface area contributed by atoms with Crippen molar-refractivity contribution in [2.45, 2.75) is 147 Å². The van der Waals surface area contributed by atoms with Gasteiger partial charge in [-0.05, 0) is 24.8 Å². The molecule has 2 N–H and O–H groups in total. The maximum Gasteiger partial charge on any atom is 0.305 e. The summed E-state index contributed by atoms with van der Waals surface area (Å²) in [5.41, 5.74) is -14.8. The molecular formula is C39H50O17. The van der Waals surface area contributed by atoms with E-state index in [2.05, 4.69) is 0 Å². The Kier molecular flexibility index (Phi) is 8.76. The highest BCUT2D eigenvalue weighted by molar-refractivity contribution is 5.73. The fraction of sp³-hybridized carbons (Fsp3) is 0.744. The molecule has 56 heavy (non-hydrogen) atoms. The van der Waals surface area contributed by atoms with Crippen molar-refractivity contribution in [3.63, 3.8) is 0 Å². The lowest BCUT2D eigenvalue weighted by atomic mass is 9.32. The third kappa shape index (κ3) is 4.40. The first kappa shape index (κ1) is 40.1. The molecule has 2 aliphatic heterocycles. The van der Waals surface area contributed by atoms with Crippen molar-refractivity contribution in [2.24, 2.45) is 28.1 Å². The lowest BCUT2D eigenvalue weighted by Gasteiger charge is -2.77. The van der Waals surface area contributed by atoms with E-state index < -0.39 is 129 Å². The van der Waals surface area contributed by atoms with Gasteiger partial charge in [-0.1, -0.05) is 27.7 Å². The molecule has 3 heterocycles. The van der Waals surface area contributed by atoms with Crippen LogP contribution in [0.5, 0.6) is 0 Å². The molecule has 6 fully saturated rings. The Morgan fingerprint density at radius 2 is 1.52 bits per heavy atom. The minimum absolute atomic E-state index is 0.0686. The Labute approximate surface area is 322 Å². The molecule has 15 atom stereocenters. The predicted octanol–water partition coefficient (Wildman–Crippen LogP) is 2.37. The SMILES string of the molecule is CCC12C[C@@H]3[C@](C)([C@@H](OC(C)=O)c4ccoc4)[C@@H](OC(C)=O)[C@@H](OC(C)=O)[C@@]4(O)[C@]3(O1)[C@H](O2)[C@@]1(OC(C)=O)[C@@H](OC(C)=O)[C@@]2(C)C[C@@]1(O)[C@@]4(C)[C@H]2CC(=O)OC. The van der Waals surface area contributed by atoms with Gasteiger partial charge in [0.05, 0.1) is 25.1 Å². The van der Waals surface area contributed by atoms with Gasteiger partial charge in [0.2, 0.25) is 5.60 Å². The first-order valence-corrected chi connectivity index (χ1v) is 18.8. The first-order chi connectivity index (χ1) is 26.0. The number of hydrogen-bond donors (Lipinski definition) is 2. The van der Waals surface area contributed by atoms with Crippen LogP contribution in [-0.2, 0) is 66.7 Å². The number of carbonyl (C=O) groups excluding carboxylic acids is 6. The van der Waals surface area contributed by atoms with Gasteiger partial charge in [0.25, 0.3) is 0 Å². The van der Waals surface area contributed by atoms with Crippen LogP contribution in [0, 0.1) is 28.1 Å². The molecule has 17 heteroatoms. The van der Waals surface area contributed by atoms with Crippen LogP contribution < -0.4 is 0 Å². The number of hydrogen-bond acceptors (Lipinski definition) is 17. The quantitative estimate of drug-likeness (QED) is 0.256. The summed E-state index contributed by atoms with van der Waals surface area (Å²) in [7, 11) is 1.16. The Morgan fingerprint density at radius 1 is 0.893 bits per heavy atom. The van der Waals surface area contributed by atoms with Gasteiger partial charge in [0.1, 0.15) is 29.0 Å². The van der Waals surface area contributed by atoms with Crippen LogP contribution in [0.2, 0.25) is 0 Å². The van der Waals surface area contributed by atoms with E-state index in [9.17, 15) is 39.0 Å². The highest BCUT2D eigenvalue weighted by Crippen LogP contribution is 2.87. The molecule has 4 saturated carbocycles. The minimum atomic E-state index is -2.71. The zero-order valence-electron chi connectivity index (χ0n) is 33.1. The average molecular weight is 791 g/mol. The van der Waals surface area contributed by atoms with Gasteiger partial charge >= 0.3 is 35.8 Å². The highest BCUT2D eigenvalue weighted by Gasteiger charge is 3.04. The predicted molar refractivity (Wildman–Crippen MR) is 183 cm³/mol. The van der Waals surface area contributed by atoms with E-state index in [0.717, 1.165) is 34.8 Å². The van der Waals surface area contributed by atoms with Crippen LogP contribution in [0.15, 0.2) is 23.0 Å². The molecule has 0 amide bonds. The largest absolute Gasteiger partial charge is 0.472 e. The standard InChI is InChI=1S/C39H50O17/c1-11-35-15-25-33(8,27(50-18(2)40)23-12-13-49-16-23)28(51-19(3)41)29(52-20(4)42)39(47)34(9)24(14-26(45)48-10)32(7)17-36(34,46)38(54-22(6)44,30(32)53-21(5)43)31(55-35)37(25,39)56-35/h12-13,16,24-25,27-31,46-47H,11,14-15,17H2,1-10H3/t24-,25+,27-,28-,29+,30-,31-,32-,33+,34+,35?,36+,37+,38-,39-/m0/s1. The van der Waals surface area contributed by atoms with E-state index in [1.807, 2.05) is 0 Å². The molecule has 1 aromatic heterocycles. The maximum atomic E-state index is 14.4. The number of rotatable bonds is 10. The number of fused-ring (bicyclic) bond motifs is 4. The maximum absolute atomic E-state index is 14.4. The fourth-order valence-corrected chi connectivity index (χ4v) is 13.0. The van der Waals surface area contributed by atoms with Gasteiger partial charge in [0, 0.05) is 69.8 Å². The van der Waals surface area contributed by atoms with Gasteiger partial charge < -0.3 is 52.5 Å². The summed E-state index contributed by atoms with van der Waals surface area (Å²) in [6.45, 7) is 12.2. The minimum Gasteiger partial charge on any atom is -0.472 e. The molecule has 6 aliphatic rings. The number of carbonyl (C=O) groups is 6.